The molecule has 0 radical (unpaired) electrons. The lowest BCUT2D eigenvalue weighted by molar-refractivity contribution is 0.411. The molecule has 6 aromatic carbocycles. The van der Waals surface area contributed by atoms with E-state index in [-0.39, 0.29) is 11.3 Å². The molecule has 0 saturated carbocycles. The van der Waals surface area contributed by atoms with Gasteiger partial charge in [-0.2, -0.15) is 0 Å². The molecule has 2 nitrogen and oxygen atoms in total. The van der Waals surface area contributed by atoms with Crippen LogP contribution >= 0.6 is 0 Å². The lowest BCUT2D eigenvalue weighted by Crippen LogP contribution is -2.32. The van der Waals surface area contributed by atoms with Crippen molar-refractivity contribution in [2.24, 2.45) is 0 Å². The molecule has 0 saturated heterocycles. The normalized spacial score (nSPS) is 14.8. The summed E-state index contributed by atoms with van der Waals surface area (Å²) in [6, 6.07) is 47.7. The van der Waals surface area contributed by atoms with E-state index >= 15 is 0 Å². The number of hydrogen-bond acceptors (Lipinski definition) is 2. The first-order valence-electron chi connectivity index (χ1n) is 15.9. The van der Waals surface area contributed by atoms with Crippen molar-refractivity contribution in [1.29, 1.82) is 0 Å². The van der Waals surface area contributed by atoms with Gasteiger partial charge in [0, 0.05) is 16.9 Å². The number of oxazole rings is 1. The van der Waals surface area contributed by atoms with E-state index in [1.54, 1.807) is 0 Å². The summed E-state index contributed by atoms with van der Waals surface area (Å²) in [7, 11) is 0. The van der Waals surface area contributed by atoms with Crippen LogP contribution in [-0.2, 0) is 5.41 Å². The molecule has 8 rings (SSSR count). The number of para-hydroxylation sites is 1. The third-order valence-electron chi connectivity index (χ3n) is 9.15. The summed E-state index contributed by atoms with van der Waals surface area (Å²) < 4.78 is 6.52. The highest BCUT2D eigenvalue weighted by atomic mass is 16.3. The van der Waals surface area contributed by atoms with Crippen molar-refractivity contribution in [3.63, 3.8) is 0 Å². The molecule has 0 spiro atoms. The Morgan fingerprint density at radius 2 is 1.41 bits per heavy atom. The lowest BCUT2D eigenvalue weighted by Gasteiger charge is -2.24. The van der Waals surface area contributed by atoms with E-state index in [0.717, 1.165) is 44.8 Å². The van der Waals surface area contributed by atoms with E-state index in [1.807, 2.05) is 6.07 Å². The highest BCUT2D eigenvalue weighted by molar-refractivity contribution is 6.07. The van der Waals surface area contributed by atoms with Gasteiger partial charge in [0.05, 0.1) is 0 Å². The molecule has 222 valence electrons. The van der Waals surface area contributed by atoms with Crippen LogP contribution in [0, 0.1) is 0 Å². The standard InChI is InChI=1S/C44H35NO/c1-28-38(29-14-6-5-7-15-29)27-31-17-9-11-21-35(31)40(28)32-18-12-19-33(26-32)41-34-20-10-8-16-30(34)24-25-36(41)37-22-13-23-39-42(37)46-43(45-39)44(2,3)4/h5-27,38H,1H2,2-4H3. The van der Waals surface area contributed by atoms with Crippen molar-refractivity contribution in [2.45, 2.75) is 32.1 Å². The van der Waals surface area contributed by atoms with Crippen LogP contribution in [-0.4, -0.2) is 4.98 Å². The minimum absolute atomic E-state index is 0.101. The zero-order valence-corrected chi connectivity index (χ0v) is 26.4. The minimum atomic E-state index is -0.193. The number of benzene rings is 6. The van der Waals surface area contributed by atoms with Crippen LogP contribution in [0.5, 0.6) is 0 Å². The summed E-state index contributed by atoms with van der Waals surface area (Å²) in [5.41, 5.74) is 10.7. The zero-order valence-electron chi connectivity index (χ0n) is 26.4. The average Bonchev–Trinajstić information content (AvgIpc) is 3.54. The Bertz CT molecular complexity index is 2420. The van der Waals surface area contributed by atoms with Gasteiger partial charge in [0.15, 0.2) is 5.58 Å². The maximum absolute atomic E-state index is 6.52. The van der Waals surface area contributed by atoms with Crippen molar-refractivity contribution in [1.82, 2.24) is 4.98 Å². The molecule has 46 heavy (non-hydrogen) atoms. The third-order valence-corrected chi connectivity index (χ3v) is 9.15. The Kier molecular flexibility index (Phi) is 6.62. The number of allylic oxidation sites excluding steroid dienone is 1. The Morgan fingerprint density at radius 3 is 2.26 bits per heavy atom. The summed E-state index contributed by atoms with van der Waals surface area (Å²) in [5, 5.41) is 4.86. The predicted octanol–water partition coefficient (Wildman–Crippen LogP) is 9.95. The van der Waals surface area contributed by atoms with Gasteiger partial charge in [-0.15, -0.1) is 0 Å². The van der Waals surface area contributed by atoms with E-state index < -0.39 is 0 Å². The van der Waals surface area contributed by atoms with Crippen molar-refractivity contribution in [2.75, 3.05) is 0 Å². The van der Waals surface area contributed by atoms with E-state index in [0.29, 0.717) is 0 Å². The summed E-state index contributed by atoms with van der Waals surface area (Å²) in [6.45, 7) is 11.1. The van der Waals surface area contributed by atoms with Crippen molar-refractivity contribution in [3.8, 4) is 22.3 Å². The molecule has 1 unspecified atom stereocenters. The fourth-order valence-corrected chi connectivity index (χ4v) is 6.90. The summed E-state index contributed by atoms with van der Waals surface area (Å²) >= 11 is 0. The Balaban J connectivity index is 1.37. The topological polar surface area (TPSA) is 26.0 Å². The van der Waals surface area contributed by atoms with Gasteiger partial charge < -0.3 is 4.42 Å². The highest BCUT2D eigenvalue weighted by Crippen LogP contribution is 2.43. The van der Waals surface area contributed by atoms with Crippen molar-refractivity contribution >= 4 is 33.5 Å². The zero-order chi connectivity index (χ0) is 31.4. The van der Waals surface area contributed by atoms with E-state index in [4.69, 9.17) is 16.0 Å². The van der Waals surface area contributed by atoms with Crippen LogP contribution in [0.4, 0.5) is 0 Å². The largest absolute Gasteiger partial charge is 0.439 e. The molecule has 1 heterocycles. The molecule has 0 fully saturated rings. The maximum atomic E-state index is 6.52. The molecule has 0 N–H and O–H groups in total. The SMILES string of the molecule is C=C1C(c2cccc(-c3c(-c4cccc5nc(C(C)(C)C)oc45)ccc4ccccc34)c2)=c2ccccc2=CC1c1ccccc1. The Morgan fingerprint density at radius 1 is 0.674 bits per heavy atom. The molecule has 1 aliphatic carbocycles. The van der Waals surface area contributed by atoms with Crippen LogP contribution < -0.4 is 10.4 Å². The maximum Gasteiger partial charge on any atom is 0.200 e. The van der Waals surface area contributed by atoms with Gasteiger partial charge in [-0.05, 0) is 72.3 Å². The molecule has 0 aliphatic heterocycles. The van der Waals surface area contributed by atoms with Gasteiger partial charge in [-0.1, -0.05) is 155 Å². The van der Waals surface area contributed by atoms with Gasteiger partial charge >= 0.3 is 0 Å². The van der Waals surface area contributed by atoms with Crippen LogP contribution in [0.15, 0.2) is 150 Å². The summed E-state index contributed by atoms with van der Waals surface area (Å²) in [5.74, 6) is 0.846. The first kappa shape index (κ1) is 28.0. The molecule has 0 amide bonds. The third kappa shape index (κ3) is 4.69. The fourth-order valence-electron chi connectivity index (χ4n) is 6.90. The number of fused-ring (bicyclic) bond motifs is 3. The second-order valence-corrected chi connectivity index (χ2v) is 13.3. The van der Waals surface area contributed by atoms with Crippen LogP contribution in [0.25, 0.3) is 55.8 Å². The molecule has 2 heteroatoms. The van der Waals surface area contributed by atoms with Crippen molar-refractivity contribution < 1.29 is 4.42 Å². The molecule has 1 atom stereocenters. The minimum Gasteiger partial charge on any atom is -0.439 e. The summed E-state index contributed by atoms with van der Waals surface area (Å²) in [6.07, 6.45) is 2.35. The smallest absolute Gasteiger partial charge is 0.200 e. The number of nitrogens with zero attached hydrogens (tertiary/aromatic N) is 1. The average molecular weight is 594 g/mol. The molecule has 7 aromatic rings. The fraction of sp³-hybridized carbons (Fsp3) is 0.114. The molecule has 1 aromatic heterocycles. The second-order valence-electron chi connectivity index (χ2n) is 13.3. The monoisotopic (exact) mass is 593 g/mol. The predicted molar refractivity (Wildman–Crippen MR) is 192 cm³/mol. The van der Waals surface area contributed by atoms with Gasteiger partial charge in [-0.3, -0.25) is 0 Å². The first-order valence-corrected chi connectivity index (χ1v) is 15.9. The highest BCUT2D eigenvalue weighted by Gasteiger charge is 2.25. The van der Waals surface area contributed by atoms with E-state index in [1.165, 1.54) is 37.9 Å². The quantitative estimate of drug-likeness (QED) is 0.203. The van der Waals surface area contributed by atoms with E-state index in [9.17, 15) is 0 Å². The first-order chi connectivity index (χ1) is 22.4. The lowest BCUT2D eigenvalue weighted by atomic mass is 9.79. The number of hydrogen-bond donors (Lipinski definition) is 0. The molecular weight excluding hydrogens is 558 g/mol. The van der Waals surface area contributed by atoms with Gasteiger partial charge in [0.1, 0.15) is 5.52 Å². The van der Waals surface area contributed by atoms with Crippen molar-refractivity contribution in [3.05, 3.63) is 173 Å². The van der Waals surface area contributed by atoms with Gasteiger partial charge in [0.2, 0.25) is 5.89 Å². The summed E-state index contributed by atoms with van der Waals surface area (Å²) in [4.78, 5) is 4.89. The number of aromatic nitrogens is 1. The van der Waals surface area contributed by atoms with Crippen LogP contribution in [0.1, 0.15) is 43.7 Å². The van der Waals surface area contributed by atoms with E-state index in [2.05, 4.69) is 154 Å². The number of rotatable bonds is 4. The van der Waals surface area contributed by atoms with Crippen LogP contribution in [0.2, 0.25) is 0 Å². The van der Waals surface area contributed by atoms with Crippen LogP contribution in [0.3, 0.4) is 0 Å². The molecule has 1 aliphatic rings. The van der Waals surface area contributed by atoms with Gasteiger partial charge in [-0.25, -0.2) is 4.98 Å². The molecular formula is C44H35NO. The second kappa shape index (κ2) is 10.9. The molecule has 0 bridgehead atoms. The Labute approximate surface area is 269 Å². The van der Waals surface area contributed by atoms with Gasteiger partial charge in [0.25, 0.3) is 0 Å². The Hall–Kier alpha value is -5.47.